The van der Waals surface area contributed by atoms with Gasteiger partial charge in [-0.1, -0.05) is 0 Å². The number of benzene rings is 1. The number of rotatable bonds is 5. The van der Waals surface area contributed by atoms with Crippen LogP contribution in [0.3, 0.4) is 0 Å². The van der Waals surface area contributed by atoms with Crippen molar-refractivity contribution in [2.75, 3.05) is 18.5 Å². The molecule has 0 spiro atoms. The molecule has 1 aromatic carbocycles. The molecule has 0 radical (unpaired) electrons. The van der Waals surface area contributed by atoms with Crippen LogP contribution in [0.4, 0.5) is 10.5 Å². The minimum atomic E-state index is -0.370. The molecular weight excluding hydrogens is 284 g/mol. The molecule has 2 atom stereocenters. The Balaban J connectivity index is 1.84. The molecule has 2 N–H and O–H groups in total. The molecule has 0 saturated carbocycles. The number of urea groups is 1. The standard InChI is InChI=1S/C16H22N2O4/c1-3-21-15(19)12-6-8-13(9-7-12)18-16(20)17-11(2)14-5-4-10-22-14/h6-9,11,14H,3-5,10H2,1-2H3,(H2,17,18,20)/t11-,14-/m1/s1. The first kappa shape index (κ1) is 16.3. The number of nitrogens with one attached hydrogen (secondary N) is 2. The van der Waals surface area contributed by atoms with E-state index in [1.807, 2.05) is 6.92 Å². The van der Waals surface area contributed by atoms with E-state index >= 15 is 0 Å². The molecule has 0 bridgehead atoms. The lowest BCUT2D eigenvalue weighted by Gasteiger charge is -2.20. The second-order valence-corrected chi connectivity index (χ2v) is 5.24. The third-order valence-electron chi connectivity index (χ3n) is 3.54. The van der Waals surface area contributed by atoms with Crippen molar-refractivity contribution in [1.82, 2.24) is 5.32 Å². The van der Waals surface area contributed by atoms with Gasteiger partial charge in [0.1, 0.15) is 0 Å². The quantitative estimate of drug-likeness (QED) is 0.820. The van der Waals surface area contributed by atoms with Gasteiger partial charge < -0.3 is 20.1 Å². The van der Waals surface area contributed by atoms with E-state index in [0.717, 1.165) is 19.4 Å². The van der Waals surface area contributed by atoms with Crippen LogP contribution in [0.5, 0.6) is 0 Å². The van der Waals surface area contributed by atoms with Gasteiger partial charge in [-0.15, -0.1) is 0 Å². The number of amides is 2. The van der Waals surface area contributed by atoms with E-state index in [1.54, 1.807) is 31.2 Å². The summed E-state index contributed by atoms with van der Waals surface area (Å²) in [7, 11) is 0. The third kappa shape index (κ3) is 4.46. The number of carbonyl (C=O) groups is 2. The second kappa shape index (κ2) is 7.79. The van der Waals surface area contributed by atoms with Crippen LogP contribution in [0.1, 0.15) is 37.0 Å². The van der Waals surface area contributed by atoms with Crippen molar-refractivity contribution in [3.63, 3.8) is 0 Å². The first-order valence-corrected chi connectivity index (χ1v) is 7.56. The van der Waals surface area contributed by atoms with E-state index in [-0.39, 0.29) is 24.1 Å². The number of carbonyl (C=O) groups excluding carboxylic acids is 2. The van der Waals surface area contributed by atoms with Crippen LogP contribution in [-0.4, -0.2) is 37.4 Å². The van der Waals surface area contributed by atoms with Crippen molar-refractivity contribution in [3.8, 4) is 0 Å². The lowest BCUT2D eigenvalue weighted by molar-refractivity contribution is 0.0526. The van der Waals surface area contributed by atoms with Gasteiger partial charge in [0.25, 0.3) is 0 Å². The molecule has 22 heavy (non-hydrogen) atoms. The molecule has 0 unspecified atom stereocenters. The zero-order valence-corrected chi connectivity index (χ0v) is 12.9. The van der Waals surface area contributed by atoms with Crippen molar-refractivity contribution in [3.05, 3.63) is 29.8 Å². The summed E-state index contributed by atoms with van der Waals surface area (Å²) in [4.78, 5) is 23.5. The van der Waals surface area contributed by atoms with Crippen LogP contribution in [-0.2, 0) is 9.47 Å². The highest BCUT2D eigenvalue weighted by Gasteiger charge is 2.23. The largest absolute Gasteiger partial charge is 0.462 e. The van der Waals surface area contributed by atoms with E-state index in [4.69, 9.17) is 9.47 Å². The minimum Gasteiger partial charge on any atom is -0.462 e. The molecule has 2 amide bonds. The summed E-state index contributed by atoms with van der Waals surface area (Å²) in [6, 6.07) is 6.26. The van der Waals surface area contributed by atoms with Crippen LogP contribution in [0.15, 0.2) is 24.3 Å². The van der Waals surface area contributed by atoms with Crippen molar-refractivity contribution >= 4 is 17.7 Å². The zero-order valence-electron chi connectivity index (χ0n) is 12.9. The molecule has 0 aromatic heterocycles. The highest BCUT2D eigenvalue weighted by Crippen LogP contribution is 2.16. The van der Waals surface area contributed by atoms with Crippen molar-refractivity contribution in [2.24, 2.45) is 0 Å². The van der Waals surface area contributed by atoms with Gasteiger partial charge in [0, 0.05) is 12.3 Å². The van der Waals surface area contributed by atoms with Crippen molar-refractivity contribution in [1.29, 1.82) is 0 Å². The Morgan fingerprint density at radius 2 is 2.09 bits per heavy atom. The lowest BCUT2D eigenvalue weighted by Crippen LogP contribution is -2.42. The monoisotopic (exact) mass is 306 g/mol. The Bertz CT molecular complexity index is 509. The van der Waals surface area contributed by atoms with Crippen LogP contribution >= 0.6 is 0 Å². The summed E-state index contributed by atoms with van der Waals surface area (Å²) in [5.41, 5.74) is 1.07. The molecule has 1 aliphatic rings. The normalized spacial score (nSPS) is 18.5. The molecule has 2 rings (SSSR count). The maximum atomic E-state index is 11.9. The van der Waals surface area contributed by atoms with Gasteiger partial charge >= 0.3 is 12.0 Å². The maximum absolute atomic E-state index is 11.9. The number of hydrogen-bond donors (Lipinski definition) is 2. The number of esters is 1. The first-order chi connectivity index (χ1) is 10.6. The number of ether oxygens (including phenoxy) is 2. The van der Waals surface area contributed by atoms with E-state index in [9.17, 15) is 9.59 Å². The Hall–Kier alpha value is -2.08. The average molecular weight is 306 g/mol. The van der Waals surface area contributed by atoms with E-state index in [0.29, 0.717) is 17.9 Å². The molecule has 1 heterocycles. The topological polar surface area (TPSA) is 76.7 Å². The van der Waals surface area contributed by atoms with E-state index < -0.39 is 0 Å². The molecule has 1 saturated heterocycles. The van der Waals surface area contributed by atoms with Gasteiger partial charge in [-0.05, 0) is 51.0 Å². The fourth-order valence-corrected chi connectivity index (χ4v) is 2.37. The van der Waals surface area contributed by atoms with Crippen molar-refractivity contribution < 1.29 is 19.1 Å². The molecular formula is C16H22N2O4. The summed E-state index contributed by atoms with van der Waals surface area (Å²) in [6.45, 7) is 4.78. The highest BCUT2D eigenvalue weighted by atomic mass is 16.5. The summed E-state index contributed by atoms with van der Waals surface area (Å²) in [6.07, 6.45) is 2.08. The lowest BCUT2D eigenvalue weighted by atomic mass is 10.1. The molecule has 6 nitrogen and oxygen atoms in total. The van der Waals surface area contributed by atoms with Gasteiger partial charge in [-0.3, -0.25) is 0 Å². The van der Waals surface area contributed by atoms with Crippen LogP contribution in [0.25, 0.3) is 0 Å². The third-order valence-corrected chi connectivity index (χ3v) is 3.54. The van der Waals surface area contributed by atoms with Crippen LogP contribution in [0.2, 0.25) is 0 Å². The summed E-state index contributed by atoms with van der Waals surface area (Å²) >= 11 is 0. The fraction of sp³-hybridized carbons (Fsp3) is 0.500. The van der Waals surface area contributed by atoms with E-state index in [1.165, 1.54) is 0 Å². The smallest absolute Gasteiger partial charge is 0.338 e. The van der Waals surface area contributed by atoms with Crippen LogP contribution < -0.4 is 10.6 Å². The van der Waals surface area contributed by atoms with Crippen LogP contribution in [0, 0.1) is 0 Å². The number of anilines is 1. The van der Waals surface area contributed by atoms with Gasteiger partial charge in [0.2, 0.25) is 0 Å². The zero-order chi connectivity index (χ0) is 15.9. The molecule has 120 valence electrons. The van der Waals surface area contributed by atoms with Crippen molar-refractivity contribution in [2.45, 2.75) is 38.8 Å². The minimum absolute atomic E-state index is 0.0405. The van der Waals surface area contributed by atoms with Gasteiger partial charge in [0.05, 0.1) is 24.3 Å². The van der Waals surface area contributed by atoms with Gasteiger partial charge in [0.15, 0.2) is 0 Å². The molecule has 1 aliphatic heterocycles. The van der Waals surface area contributed by atoms with Gasteiger partial charge in [-0.2, -0.15) is 0 Å². The maximum Gasteiger partial charge on any atom is 0.338 e. The summed E-state index contributed by atoms with van der Waals surface area (Å²) in [5, 5.41) is 5.60. The Morgan fingerprint density at radius 1 is 1.36 bits per heavy atom. The Labute approximate surface area is 130 Å². The van der Waals surface area contributed by atoms with E-state index in [2.05, 4.69) is 10.6 Å². The fourth-order valence-electron chi connectivity index (χ4n) is 2.37. The molecule has 1 fully saturated rings. The summed E-state index contributed by atoms with van der Waals surface area (Å²) < 4.78 is 10.4. The predicted molar refractivity (Wildman–Crippen MR) is 83.0 cm³/mol. The average Bonchev–Trinajstić information content (AvgIpc) is 3.02. The molecule has 6 heteroatoms. The summed E-state index contributed by atoms with van der Waals surface area (Å²) in [5.74, 6) is -0.370. The Morgan fingerprint density at radius 3 is 2.68 bits per heavy atom. The SMILES string of the molecule is CCOC(=O)c1ccc(NC(=O)N[C@H](C)[C@H]2CCCO2)cc1. The first-order valence-electron chi connectivity index (χ1n) is 7.56. The number of hydrogen-bond acceptors (Lipinski definition) is 4. The predicted octanol–water partition coefficient (Wildman–Crippen LogP) is 2.55. The molecule has 0 aliphatic carbocycles. The highest BCUT2D eigenvalue weighted by molar-refractivity contribution is 5.92. The molecule has 1 aromatic rings. The Kier molecular flexibility index (Phi) is 5.77. The second-order valence-electron chi connectivity index (χ2n) is 5.24. The van der Waals surface area contributed by atoms with Gasteiger partial charge in [-0.25, -0.2) is 9.59 Å².